The van der Waals surface area contributed by atoms with E-state index in [1.165, 1.54) is 12.8 Å². The fourth-order valence-electron chi connectivity index (χ4n) is 3.50. The molecule has 1 aromatic rings. The molecule has 98 valence electrons. The molecule has 1 fully saturated rings. The van der Waals surface area contributed by atoms with Gasteiger partial charge in [-0.05, 0) is 43.4 Å². The van der Waals surface area contributed by atoms with Crippen molar-refractivity contribution < 1.29 is 9.84 Å². The van der Waals surface area contributed by atoms with Crippen molar-refractivity contribution in [2.24, 2.45) is 5.92 Å². The maximum atomic E-state index is 10.4. The van der Waals surface area contributed by atoms with E-state index < -0.39 is 6.10 Å². The van der Waals surface area contributed by atoms with Gasteiger partial charge in [-0.1, -0.05) is 29.3 Å². The molecule has 0 saturated heterocycles. The Morgan fingerprint density at radius 2 is 2.22 bits per heavy atom. The van der Waals surface area contributed by atoms with Crippen LogP contribution in [0.3, 0.4) is 0 Å². The first-order valence-electron chi connectivity index (χ1n) is 6.74. The number of benzene rings is 1. The number of halogens is 1. The fourth-order valence-corrected chi connectivity index (χ4v) is 3.88. The molecule has 0 radical (unpaired) electrons. The van der Waals surface area contributed by atoms with Crippen LogP contribution < -0.4 is 4.74 Å². The first-order chi connectivity index (χ1) is 8.58. The van der Waals surface area contributed by atoms with Crippen LogP contribution >= 0.6 is 15.9 Å². The molecule has 3 unspecified atom stereocenters. The van der Waals surface area contributed by atoms with E-state index in [4.69, 9.17) is 4.74 Å². The van der Waals surface area contributed by atoms with Gasteiger partial charge in [0.2, 0.25) is 0 Å². The fraction of sp³-hybridized carbons (Fsp3) is 0.600. The Bertz CT molecular complexity index is 460. The smallest absolute Gasteiger partial charge is 0.126 e. The van der Waals surface area contributed by atoms with Crippen molar-refractivity contribution in [3.05, 3.63) is 28.2 Å². The molecule has 0 aromatic heterocycles. The molecule has 0 bridgehead atoms. The van der Waals surface area contributed by atoms with E-state index in [2.05, 4.69) is 22.9 Å². The van der Waals surface area contributed by atoms with Crippen LogP contribution in [0.4, 0.5) is 0 Å². The van der Waals surface area contributed by atoms with Crippen molar-refractivity contribution in [1.82, 2.24) is 0 Å². The van der Waals surface area contributed by atoms with Gasteiger partial charge in [0.25, 0.3) is 0 Å². The molecule has 1 aliphatic heterocycles. The maximum absolute atomic E-state index is 10.4. The van der Waals surface area contributed by atoms with E-state index in [-0.39, 0.29) is 5.60 Å². The third kappa shape index (κ3) is 2.19. The Morgan fingerprint density at radius 3 is 3.00 bits per heavy atom. The average Bonchev–Trinajstić information content (AvgIpc) is 2.30. The van der Waals surface area contributed by atoms with Crippen molar-refractivity contribution in [3.8, 4) is 5.75 Å². The number of rotatable bonds is 0. The normalized spacial score (nSPS) is 35.1. The highest BCUT2D eigenvalue weighted by molar-refractivity contribution is 9.10. The summed E-state index contributed by atoms with van der Waals surface area (Å²) in [4.78, 5) is 0. The minimum absolute atomic E-state index is 0.127. The Morgan fingerprint density at radius 1 is 1.39 bits per heavy atom. The predicted molar refractivity (Wildman–Crippen MR) is 74.7 cm³/mol. The summed E-state index contributed by atoms with van der Waals surface area (Å²) in [5.74, 6) is 1.56. The van der Waals surface area contributed by atoms with Gasteiger partial charge in [-0.25, -0.2) is 0 Å². The number of hydrogen-bond acceptors (Lipinski definition) is 2. The van der Waals surface area contributed by atoms with Crippen LogP contribution in [0.2, 0.25) is 0 Å². The summed E-state index contributed by atoms with van der Waals surface area (Å²) >= 11 is 3.45. The molecular weight excluding hydrogens is 292 g/mol. The van der Waals surface area contributed by atoms with Crippen molar-refractivity contribution in [2.75, 3.05) is 0 Å². The second kappa shape index (κ2) is 4.53. The zero-order valence-corrected chi connectivity index (χ0v) is 12.2. The summed E-state index contributed by atoms with van der Waals surface area (Å²) in [6, 6.07) is 5.93. The van der Waals surface area contributed by atoms with Gasteiger partial charge in [-0.2, -0.15) is 0 Å². The monoisotopic (exact) mass is 310 g/mol. The molecule has 1 heterocycles. The van der Waals surface area contributed by atoms with E-state index >= 15 is 0 Å². The van der Waals surface area contributed by atoms with Crippen LogP contribution in [-0.2, 0) is 0 Å². The topological polar surface area (TPSA) is 29.5 Å². The molecule has 3 rings (SSSR count). The molecule has 1 aromatic carbocycles. The van der Waals surface area contributed by atoms with Crippen LogP contribution in [0.5, 0.6) is 5.75 Å². The first-order valence-corrected chi connectivity index (χ1v) is 7.54. The third-order valence-corrected chi connectivity index (χ3v) is 4.77. The van der Waals surface area contributed by atoms with E-state index in [9.17, 15) is 5.11 Å². The lowest BCUT2D eigenvalue weighted by Gasteiger charge is -2.45. The summed E-state index contributed by atoms with van der Waals surface area (Å²) in [6.45, 7) is 2.29. The highest BCUT2D eigenvalue weighted by Crippen LogP contribution is 2.47. The van der Waals surface area contributed by atoms with Crippen LogP contribution in [0.25, 0.3) is 0 Å². The third-order valence-electron chi connectivity index (χ3n) is 4.27. The standard InChI is InChI=1S/C15H19BrO2/c1-10-3-2-6-15(8-10)9-13(17)12-7-11(16)4-5-14(12)18-15/h4-5,7,10,13,17H,2-3,6,8-9H2,1H3. The lowest BCUT2D eigenvalue weighted by atomic mass is 9.74. The molecule has 2 nitrogen and oxygen atoms in total. The zero-order chi connectivity index (χ0) is 12.8. The zero-order valence-electron chi connectivity index (χ0n) is 10.7. The van der Waals surface area contributed by atoms with Crippen molar-refractivity contribution >= 4 is 15.9 Å². The summed E-state index contributed by atoms with van der Waals surface area (Å²) in [5.41, 5.74) is 0.797. The molecular formula is C15H19BrO2. The Labute approximate surface area is 116 Å². The van der Waals surface area contributed by atoms with Crippen LogP contribution in [0.1, 0.15) is 50.7 Å². The number of aliphatic hydroxyl groups is 1. The van der Waals surface area contributed by atoms with Crippen molar-refractivity contribution in [3.63, 3.8) is 0 Å². The quantitative estimate of drug-likeness (QED) is 0.777. The molecule has 0 amide bonds. The molecule has 1 aliphatic carbocycles. The minimum atomic E-state index is -0.392. The highest BCUT2D eigenvalue weighted by atomic mass is 79.9. The maximum Gasteiger partial charge on any atom is 0.126 e. The molecule has 1 N–H and O–H groups in total. The number of ether oxygens (including phenoxy) is 1. The van der Waals surface area contributed by atoms with Gasteiger partial charge in [0.05, 0.1) is 6.10 Å². The van der Waals surface area contributed by atoms with Gasteiger partial charge >= 0.3 is 0 Å². The Balaban J connectivity index is 1.93. The van der Waals surface area contributed by atoms with Gasteiger partial charge in [0.1, 0.15) is 11.4 Å². The van der Waals surface area contributed by atoms with Crippen LogP contribution in [0, 0.1) is 5.92 Å². The number of fused-ring (bicyclic) bond motifs is 1. The second-order valence-electron chi connectivity index (χ2n) is 5.89. The summed E-state index contributed by atoms with van der Waals surface area (Å²) in [6.07, 6.45) is 4.98. The van der Waals surface area contributed by atoms with Gasteiger partial charge in [0.15, 0.2) is 0 Å². The lowest BCUT2D eigenvalue weighted by molar-refractivity contribution is -0.0496. The number of hydrogen-bond donors (Lipinski definition) is 1. The van der Waals surface area contributed by atoms with E-state index in [1.807, 2.05) is 18.2 Å². The molecule has 3 heteroatoms. The van der Waals surface area contributed by atoms with E-state index in [1.54, 1.807) is 0 Å². The highest BCUT2D eigenvalue weighted by Gasteiger charge is 2.43. The summed E-state index contributed by atoms with van der Waals surface area (Å²) < 4.78 is 7.27. The molecule has 1 saturated carbocycles. The van der Waals surface area contributed by atoms with Crippen molar-refractivity contribution in [2.45, 2.75) is 50.7 Å². The SMILES string of the molecule is CC1CCCC2(C1)CC(O)c1cc(Br)ccc1O2. The molecule has 18 heavy (non-hydrogen) atoms. The van der Waals surface area contributed by atoms with E-state index in [0.717, 1.165) is 35.0 Å². The molecule has 3 atom stereocenters. The Hall–Kier alpha value is -0.540. The molecule has 2 aliphatic rings. The lowest BCUT2D eigenvalue weighted by Crippen LogP contribution is -2.44. The summed E-state index contributed by atoms with van der Waals surface area (Å²) in [5, 5.41) is 10.4. The van der Waals surface area contributed by atoms with Crippen LogP contribution in [0.15, 0.2) is 22.7 Å². The molecule has 1 spiro atoms. The number of aliphatic hydroxyl groups excluding tert-OH is 1. The minimum Gasteiger partial charge on any atom is -0.487 e. The van der Waals surface area contributed by atoms with Gasteiger partial charge in [-0.3, -0.25) is 0 Å². The predicted octanol–water partition coefficient (Wildman–Crippen LogP) is 4.21. The second-order valence-corrected chi connectivity index (χ2v) is 6.80. The van der Waals surface area contributed by atoms with Crippen molar-refractivity contribution in [1.29, 1.82) is 0 Å². The van der Waals surface area contributed by atoms with Gasteiger partial charge < -0.3 is 9.84 Å². The van der Waals surface area contributed by atoms with Gasteiger partial charge in [0, 0.05) is 16.5 Å². The van der Waals surface area contributed by atoms with Gasteiger partial charge in [-0.15, -0.1) is 0 Å². The van der Waals surface area contributed by atoms with E-state index in [0.29, 0.717) is 5.92 Å². The Kier molecular flexibility index (Phi) is 3.15. The average molecular weight is 311 g/mol. The summed E-state index contributed by atoms with van der Waals surface area (Å²) in [7, 11) is 0. The first kappa shape index (κ1) is 12.5. The van der Waals surface area contributed by atoms with Crippen LogP contribution in [-0.4, -0.2) is 10.7 Å². The largest absolute Gasteiger partial charge is 0.487 e.